The van der Waals surface area contributed by atoms with Gasteiger partial charge >= 0.3 is 11.9 Å². The van der Waals surface area contributed by atoms with Crippen molar-refractivity contribution in [1.82, 2.24) is 10.6 Å². The number of carboxylic acids is 2. The van der Waals surface area contributed by atoms with Gasteiger partial charge < -0.3 is 26.6 Å². The minimum atomic E-state index is -1.27. The average molecular weight is 442 g/mol. The number of nitrogens with one attached hydrogen (secondary N) is 2. The van der Waals surface area contributed by atoms with Crippen molar-refractivity contribution in [2.24, 2.45) is 5.73 Å². The quantitative estimate of drug-likeness (QED) is 0.199. The molecule has 164 valence electrons. The number of nitrogens with zero attached hydrogens (tertiary/aromatic N) is 1. The molecule has 0 bridgehead atoms. The second kappa shape index (κ2) is 12.4. The van der Waals surface area contributed by atoms with Crippen molar-refractivity contribution in [3.8, 4) is 0 Å². The van der Waals surface area contributed by atoms with E-state index in [4.69, 9.17) is 15.9 Å². The number of hydrogen-bond acceptors (Lipinski definition) is 8. The standard InChI is InChI=1S/C17H22N4O8S/c18-11(17(26)27)5-6-14(22)20-12(16(25)19-7-15(23)24)9-30-8-10-3-1-2-4-13(10)21(28)29/h1-4,11-12H,5-9,18H2,(H,19,25)(H,20,22)(H,23,24)(H,26,27). The Balaban J connectivity index is 2.72. The zero-order chi connectivity index (χ0) is 22.7. The molecule has 1 aromatic carbocycles. The van der Waals surface area contributed by atoms with Gasteiger partial charge in [-0.25, -0.2) is 0 Å². The third-order valence-corrected chi connectivity index (χ3v) is 4.88. The highest BCUT2D eigenvalue weighted by Crippen LogP contribution is 2.23. The lowest BCUT2D eigenvalue weighted by molar-refractivity contribution is -0.385. The smallest absolute Gasteiger partial charge is 0.322 e. The van der Waals surface area contributed by atoms with E-state index in [-0.39, 0.29) is 30.0 Å². The maximum atomic E-state index is 12.2. The molecule has 2 unspecified atom stereocenters. The van der Waals surface area contributed by atoms with Gasteiger partial charge in [-0.1, -0.05) is 18.2 Å². The van der Waals surface area contributed by atoms with Crippen LogP contribution in [-0.2, 0) is 24.9 Å². The summed E-state index contributed by atoms with van der Waals surface area (Å²) in [6.45, 7) is -0.649. The van der Waals surface area contributed by atoms with E-state index in [1.807, 2.05) is 0 Å². The number of nitro groups is 1. The molecule has 12 nitrogen and oxygen atoms in total. The van der Waals surface area contributed by atoms with Gasteiger partial charge in [0, 0.05) is 29.6 Å². The van der Waals surface area contributed by atoms with Gasteiger partial charge in [0.2, 0.25) is 11.8 Å². The highest BCUT2D eigenvalue weighted by Gasteiger charge is 2.23. The van der Waals surface area contributed by atoms with E-state index in [1.54, 1.807) is 12.1 Å². The number of thioether (sulfide) groups is 1. The molecule has 0 saturated heterocycles. The van der Waals surface area contributed by atoms with Crippen molar-refractivity contribution in [2.45, 2.75) is 30.7 Å². The summed E-state index contributed by atoms with van der Waals surface area (Å²) in [5.74, 6) is -3.72. The lowest BCUT2D eigenvalue weighted by Crippen LogP contribution is -2.49. The number of carbonyl (C=O) groups excluding carboxylic acids is 2. The van der Waals surface area contributed by atoms with Crippen LogP contribution in [0.25, 0.3) is 0 Å². The Morgan fingerprint density at radius 2 is 1.87 bits per heavy atom. The SMILES string of the molecule is NC(CCC(=O)NC(CSCc1ccccc1[N+](=O)[O-])C(=O)NCC(=O)O)C(=O)O. The number of carbonyl (C=O) groups is 4. The first kappa shape index (κ1) is 24.8. The second-order valence-corrected chi connectivity index (χ2v) is 7.15. The monoisotopic (exact) mass is 442 g/mol. The molecule has 1 aromatic rings. The molecule has 0 aliphatic rings. The van der Waals surface area contributed by atoms with Gasteiger partial charge in [-0.05, 0) is 6.42 Å². The molecule has 1 rings (SSSR count). The summed E-state index contributed by atoms with van der Waals surface area (Å²) in [5.41, 5.74) is 5.68. The lowest BCUT2D eigenvalue weighted by atomic mass is 10.1. The van der Waals surface area contributed by atoms with Crippen molar-refractivity contribution in [3.63, 3.8) is 0 Å². The molecule has 6 N–H and O–H groups in total. The molecule has 2 atom stereocenters. The van der Waals surface area contributed by atoms with Gasteiger partial charge in [0.15, 0.2) is 0 Å². The van der Waals surface area contributed by atoms with Crippen LogP contribution in [-0.4, -0.2) is 63.3 Å². The van der Waals surface area contributed by atoms with E-state index in [0.717, 1.165) is 11.8 Å². The van der Waals surface area contributed by atoms with E-state index < -0.39 is 47.3 Å². The van der Waals surface area contributed by atoms with Crippen LogP contribution in [0.1, 0.15) is 18.4 Å². The van der Waals surface area contributed by atoms with Crippen LogP contribution in [0, 0.1) is 10.1 Å². The van der Waals surface area contributed by atoms with Crippen molar-refractivity contribution < 1.29 is 34.3 Å². The molecule has 30 heavy (non-hydrogen) atoms. The Morgan fingerprint density at radius 3 is 2.47 bits per heavy atom. The van der Waals surface area contributed by atoms with E-state index >= 15 is 0 Å². The molecule has 13 heteroatoms. The van der Waals surface area contributed by atoms with Gasteiger partial charge in [-0.2, -0.15) is 11.8 Å². The summed E-state index contributed by atoms with van der Waals surface area (Å²) in [5, 5.41) is 33.1. The number of rotatable bonds is 13. The molecular weight excluding hydrogens is 420 g/mol. The fourth-order valence-corrected chi connectivity index (χ4v) is 3.30. The minimum absolute atomic E-state index is 0.00816. The fourth-order valence-electron chi connectivity index (χ4n) is 2.24. The Hall–Kier alpha value is -3.19. The predicted molar refractivity (Wildman–Crippen MR) is 107 cm³/mol. The molecule has 0 aromatic heterocycles. The van der Waals surface area contributed by atoms with Crippen molar-refractivity contribution in [3.05, 3.63) is 39.9 Å². The number of aliphatic carboxylic acids is 2. The van der Waals surface area contributed by atoms with Gasteiger partial charge in [-0.3, -0.25) is 29.3 Å². The maximum Gasteiger partial charge on any atom is 0.322 e. The average Bonchev–Trinajstić information content (AvgIpc) is 2.69. The summed E-state index contributed by atoms with van der Waals surface area (Å²) in [7, 11) is 0. The number of amides is 2. The van der Waals surface area contributed by atoms with Gasteiger partial charge in [0.05, 0.1) is 4.92 Å². The van der Waals surface area contributed by atoms with Crippen LogP contribution >= 0.6 is 11.8 Å². The minimum Gasteiger partial charge on any atom is -0.480 e. The molecule has 0 spiro atoms. The zero-order valence-corrected chi connectivity index (χ0v) is 16.6. The van der Waals surface area contributed by atoms with Crippen molar-refractivity contribution in [2.75, 3.05) is 12.3 Å². The maximum absolute atomic E-state index is 12.2. The van der Waals surface area contributed by atoms with Crippen LogP contribution < -0.4 is 16.4 Å². The van der Waals surface area contributed by atoms with E-state index in [9.17, 15) is 29.3 Å². The van der Waals surface area contributed by atoms with Crippen molar-refractivity contribution >= 4 is 41.2 Å². The normalized spacial score (nSPS) is 12.4. The van der Waals surface area contributed by atoms with Crippen LogP contribution in [0.4, 0.5) is 5.69 Å². The zero-order valence-electron chi connectivity index (χ0n) is 15.8. The number of carboxylic acid groups (broad SMARTS) is 2. The largest absolute Gasteiger partial charge is 0.480 e. The van der Waals surface area contributed by atoms with E-state index in [2.05, 4.69) is 10.6 Å². The first-order chi connectivity index (χ1) is 14.1. The highest BCUT2D eigenvalue weighted by molar-refractivity contribution is 7.98. The number of benzene rings is 1. The summed E-state index contributed by atoms with van der Waals surface area (Å²) in [6, 6.07) is 3.72. The molecular formula is C17H22N4O8S. The summed E-state index contributed by atoms with van der Waals surface area (Å²) >= 11 is 1.13. The molecule has 0 aliphatic heterocycles. The third kappa shape index (κ3) is 8.87. The van der Waals surface area contributed by atoms with Gasteiger partial charge in [-0.15, -0.1) is 0 Å². The Kier molecular flexibility index (Phi) is 10.3. The molecule has 0 saturated carbocycles. The Morgan fingerprint density at radius 1 is 1.20 bits per heavy atom. The van der Waals surface area contributed by atoms with Crippen LogP contribution in [0.15, 0.2) is 24.3 Å². The van der Waals surface area contributed by atoms with Crippen LogP contribution in [0.3, 0.4) is 0 Å². The third-order valence-electron chi connectivity index (χ3n) is 3.80. The highest BCUT2D eigenvalue weighted by atomic mass is 32.2. The first-order valence-electron chi connectivity index (χ1n) is 8.69. The van der Waals surface area contributed by atoms with Gasteiger partial charge in [0.25, 0.3) is 5.69 Å². The molecule has 2 amide bonds. The summed E-state index contributed by atoms with van der Waals surface area (Å²) in [4.78, 5) is 56.2. The second-order valence-electron chi connectivity index (χ2n) is 6.12. The lowest BCUT2D eigenvalue weighted by Gasteiger charge is -2.18. The number of nitro benzene ring substituents is 1. The van der Waals surface area contributed by atoms with E-state index in [0.29, 0.717) is 5.56 Å². The molecule has 0 aliphatic carbocycles. The van der Waals surface area contributed by atoms with E-state index in [1.165, 1.54) is 12.1 Å². The number of nitrogens with two attached hydrogens (primary N) is 1. The predicted octanol–water partition coefficient (Wildman–Crippen LogP) is -0.294. The van der Waals surface area contributed by atoms with Gasteiger partial charge in [0.1, 0.15) is 18.6 Å². The topological polar surface area (TPSA) is 202 Å². The van der Waals surface area contributed by atoms with Crippen LogP contribution in [0.5, 0.6) is 0 Å². The Labute approximate surface area is 175 Å². The molecule has 0 radical (unpaired) electrons. The molecule has 0 heterocycles. The number of para-hydroxylation sites is 1. The summed E-state index contributed by atoms with van der Waals surface area (Å²) in [6.07, 6.45) is -0.390. The first-order valence-corrected chi connectivity index (χ1v) is 9.84. The Bertz CT molecular complexity index is 804. The van der Waals surface area contributed by atoms with Crippen molar-refractivity contribution in [1.29, 1.82) is 0 Å². The number of hydrogen-bond donors (Lipinski definition) is 5. The van der Waals surface area contributed by atoms with Crippen LogP contribution in [0.2, 0.25) is 0 Å². The summed E-state index contributed by atoms with van der Waals surface area (Å²) < 4.78 is 0. The fraction of sp³-hybridized carbons (Fsp3) is 0.412. The molecule has 0 fully saturated rings.